The van der Waals surface area contributed by atoms with Gasteiger partial charge in [0.15, 0.2) is 28.9 Å². The zero-order valence-corrected chi connectivity index (χ0v) is 44.3. The molecule has 1 aromatic rings. The first kappa shape index (κ1) is 61.9. The van der Waals surface area contributed by atoms with Crippen molar-refractivity contribution in [2.24, 2.45) is 0 Å². The number of benzene rings is 1. The molecule has 1 N–H and O–H groups in total. The molecule has 384 valence electrons. The summed E-state index contributed by atoms with van der Waals surface area (Å²) in [6.45, 7) is 10.6. The summed E-state index contributed by atoms with van der Waals surface area (Å²) in [4.78, 5) is 88.2. The minimum absolute atomic E-state index is 0.00497. The molecular weight excluding hydrogens is 835 g/mol. The Balaban J connectivity index is 4.19. The molecule has 0 radical (unpaired) electrons. The molecule has 0 fully saturated rings. The zero-order chi connectivity index (χ0) is 49.3. The molecule has 67 heavy (non-hydrogen) atoms. The first-order chi connectivity index (χ1) is 32.6. The van der Waals surface area contributed by atoms with Gasteiger partial charge in [-0.15, -0.1) is 0 Å². The van der Waals surface area contributed by atoms with E-state index in [9.17, 15) is 4.79 Å². The van der Waals surface area contributed by atoms with Crippen molar-refractivity contribution in [2.45, 2.75) is 291 Å². The maximum absolute atomic E-state index is 15.1. The number of anilines is 1. The first-order valence-corrected chi connectivity index (χ1v) is 28.3. The minimum atomic E-state index is -0.609. The Morgan fingerprint density at radius 1 is 0.299 bits per heavy atom. The number of carbonyl (C=O) groups is 6. The molecule has 8 nitrogen and oxygen atoms in total. The van der Waals surface area contributed by atoms with Gasteiger partial charge in [-0.05, 0) is 32.1 Å². The summed E-state index contributed by atoms with van der Waals surface area (Å²) in [5.41, 5.74) is 0.0671. The van der Waals surface area contributed by atoms with Gasteiger partial charge >= 0.3 is 5.97 Å². The van der Waals surface area contributed by atoms with E-state index in [1.165, 1.54) is 39.2 Å². The molecule has 0 aliphatic carbocycles. The molecule has 0 spiro atoms. The Labute approximate surface area is 410 Å². The van der Waals surface area contributed by atoms with Crippen molar-refractivity contribution in [2.75, 3.05) is 19.0 Å². The highest BCUT2D eigenvalue weighted by Crippen LogP contribution is 2.39. The number of hydrogen-bond donors (Lipinski definition) is 1. The second-order valence-corrected chi connectivity index (χ2v) is 19.7. The van der Waals surface area contributed by atoms with Gasteiger partial charge in [-0.2, -0.15) is 0 Å². The number of rotatable bonds is 48. The Morgan fingerprint density at radius 2 is 0.493 bits per heavy atom. The molecular formula is C59H101NO7. The number of hydrogen-bond acceptors (Lipinski definition) is 8. The molecule has 0 aromatic heterocycles. The molecule has 0 saturated heterocycles. The van der Waals surface area contributed by atoms with Gasteiger partial charge in [0.2, 0.25) is 0 Å². The highest BCUT2D eigenvalue weighted by atomic mass is 16.5. The standard InChI is InChI=1S/C59H101NO7/c1-7-12-17-22-27-32-37-42-48(61)54-55(49(62)43-38-33-28-23-18-13-8-2)57(51(64)45-40-35-30-25-20-15-10-4)59(60-47-53(66)67-6)58(52(65)46-41-36-31-26-21-16-11-5)56(54)50(63)44-39-34-29-24-19-14-9-3/h60H,7-47H2,1-6H3. The lowest BCUT2D eigenvalue weighted by atomic mass is 9.78. The maximum Gasteiger partial charge on any atom is 0.325 e. The maximum atomic E-state index is 15.1. The Morgan fingerprint density at radius 3 is 0.716 bits per heavy atom. The van der Waals surface area contributed by atoms with Crippen molar-refractivity contribution >= 4 is 40.6 Å². The van der Waals surface area contributed by atoms with Crippen LogP contribution in [0, 0.1) is 0 Å². The fraction of sp³-hybridized carbons (Fsp3) is 0.797. The van der Waals surface area contributed by atoms with Crippen molar-refractivity contribution < 1.29 is 33.5 Å². The van der Waals surface area contributed by atoms with Crippen LogP contribution < -0.4 is 5.32 Å². The van der Waals surface area contributed by atoms with Crippen molar-refractivity contribution in [3.8, 4) is 0 Å². The van der Waals surface area contributed by atoms with Crippen LogP contribution in [0.15, 0.2) is 0 Å². The molecule has 0 saturated carbocycles. The molecule has 0 bridgehead atoms. The Hall–Kier alpha value is -3.16. The predicted molar refractivity (Wildman–Crippen MR) is 282 cm³/mol. The lowest BCUT2D eigenvalue weighted by Gasteiger charge is -2.25. The van der Waals surface area contributed by atoms with E-state index in [2.05, 4.69) is 39.9 Å². The van der Waals surface area contributed by atoms with Gasteiger partial charge < -0.3 is 10.1 Å². The van der Waals surface area contributed by atoms with Crippen molar-refractivity contribution in [3.05, 3.63) is 27.8 Å². The lowest BCUT2D eigenvalue weighted by molar-refractivity contribution is -0.138. The van der Waals surface area contributed by atoms with Crippen LogP contribution >= 0.6 is 0 Å². The third-order valence-electron chi connectivity index (χ3n) is 13.6. The van der Waals surface area contributed by atoms with Gasteiger partial charge in [-0.25, -0.2) is 0 Å². The number of ether oxygens (including phenoxy) is 1. The van der Waals surface area contributed by atoms with Crippen LogP contribution in [0.3, 0.4) is 0 Å². The molecule has 0 atom stereocenters. The van der Waals surface area contributed by atoms with Crippen molar-refractivity contribution in [1.29, 1.82) is 0 Å². The van der Waals surface area contributed by atoms with E-state index in [0.29, 0.717) is 32.1 Å². The molecule has 0 heterocycles. The van der Waals surface area contributed by atoms with Crippen LogP contribution in [0.1, 0.15) is 343 Å². The fourth-order valence-corrected chi connectivity index (χ4v) is 9.39. The summed E-state index contributed by atoms with van der Waals surface area (Å²) < 4.78 is 5.06. The Bertz CT molecular complexity index is 1440. The summed E-state index contributed by atoms with van der Waals surface area (Å²) in [7, 11) is 1.28. The van der Waals surface area contributed by atoms with Crippen LogP contribution in [-0.2, 0) is 9.53 Å². The third kappa shape index (κ3) is 27.0. The van der Waals surface area contributed by atoms with Crippen LogP contribution in [0.4, 0.5) is 5.69 Å². The van der Waals surface area contributed by atoms with Gasteiger partial charge in [-0.1, -0.05) is 227 Å². The van der Waals surface area contributed by atoms with E-state index in [0.717, 1.165) is 161 Å². The fourth-order valence-electron chi connectivity index (χ4n) is 9.39. The van der Waals surface area contributed by atoms with Crippen LogP contribution in [0.5, 0.6) is 0 Å². The topological polar surface area (TPSA) is 124 Å². The molecule has 0 amide bonds. The van der Waals surface area contributed by atoms with E-state index in [1.807, 2.05) is 0 Å². The molecule has 0 aliphatic rings. The van der Waals surface area contributed by atoms with Crippen LogP contribution in [0.2, 0.25) is 0 Å². The number of Topliss-reactive ketones (excluding diaryl/α,β-unsaturated/α-hetero) is 5. The number of methoxy groups -OCH3 is 1. The second kappa shape index (κ2) is 41.8. The van der Waals surface area contributed by atoms with Gasteiger partial charge in [0, 0.05) is 48.8 Å². The molecule has 8 heteroatoms. The number of unbranched alkanes of at least 4 members (excludes halogenated alkanes) is 30. The van der Waals surface area contributed by atoms with Crippen LogP contribution in [0.25, 0.3) is 0 Å². The molecule has 0 unspecified atom stereocenters. The van der Waals surface area contributed by atoms with Crippen molar-refractivity contribution in [3.63, 3.8) is 0 Å². The van der Waals surface area contributed by atoms with E-state index in [-0.39, 0.29) is 101 Å². The SMILES string of the molecule is CCCCCCCCCC(=O)c1c(NCC(=O)OC)c(C(=O)CCCCCCCCC)c(C(=O)CCCCCCCCC)c(C(=O)CCCCCCCCC)c1C(=O)CCCCCCCCC. The van der Waals surface area contributed by atoms with Gasteiger partial charge in [0.05, 0.1) is 23.9 Å². The number of nitrogens with one attached hydrogen (secondary N) is 1. The third-order valence-corrected chi connectivity index (χ3v) is 13.6. The second-order valence-electron chi connectivity index (χ2n) is 19.7. The largest absolute Gasteiger partial charge is 0.468 e. The number of ketones is 5. The van der Waals surface area contributed by atoms with E-state index in [1.54, 1.807) is 0 Å². The summed E-state index contributed by atoms with van der Waals surface area (Å²) >= 11 is 0. The number of esters is 1. The quantitative estimate of drug-likeness (QED) is 0.0389. The summed E-state index contributed by atoms with van der Waals surface area (Å²) in [5, 5.41) is 3.14. The molecule has 0 aliphatic heterocycles. The Kier molecular flexibility index (Phi) is 38.6. The first-order valence-electron chi connectivity index (χ1n) is 28.3. The monoisotopic (exact) mass is 936 g/mol. The highest BCUT2D eigenvalue weighted by Gasteiger charge is 2.37. The normalized spacial score (nSPS) is 11.3. The van der Waals surface area contributed by atoms with Gasteiger partial charge in [0.1, 0.15) is 6.54 Å². The van der Waals surface area contributed by atoms with E-state index < -0.39 is 5.97 Å². The average molecular weight is 936 g/mol. The minimum Gasteiger partial charge on any atom is -0.468 e. The van der Waals surface area contributed by atoms with E-state index >= 15 is 24.0 Å². The summed E-state index contributed by atoms with van der Waals surface area (Å²) in [6.07, 6.45) is 35.4. The molecule has 1 aromatic carbocycles. The highest BCUT2D eigenvalue weighted by molar-refractivity contribution is 6.27. The van der Waals surface area contributed by atoms with Gasteiger partial charge in [-0.3, -0.25) is 28.8 Å². The van der Waals surface area contributed by atoms with Gasteiger partial charge in [0.25, 0.3) is 0 Å². The zero-order valence-electron chi connectivity index (χ0n) is 44.3. The lowest BCUT2D eigenvalue weighted by Crippen LogP contribution is -2.28. The summed E-state index contributed by atoms with van der Waals surface area (Å²) in [5.74, 6) is -2.28. The van der Waals surface area contributed by atoms with Crippen molar-refractivity contribution in [1.82, 2.24) is 0 Å². The smallest absolute Gasteiger partial charge is 0.325 e. The molecule has 1 rings (SSSR count). The van der Waals surface area contributed by atoms with Crippen LogP contribution in [-0.4, -0.2) is 48.5 Å². The number of carbonyl (C=O) groups excluding carboxylic acids is 6. The predicted octanol–water partition coefficient (Wildman–Crippen LogP) is 17.9. The average Bonchev–Trinajstić information content (AvgIpc) is 3.32. The summed E-state index contributed by atoms with van der Waals surface area (Å²) in [6, 6.07) is 0. The van der Waals surface area contributed by atoms with E-state index in [4.69, 9.17) is 4.74 Å².